The number of imidazole rings is 2. The number of piperidine rings is 1. The summed E-state index contributed by atoms with van der Waals surface area (Å²) < 4.78 is 8.11. The number of aliphatic hydroxyl groups is 1. The molecular weight excluding hydrogens is 817 g/mol. The second kappa shape index (κ2) is 18.8. The number of aryl methyl sites for hydroxylation is 1. The highest BCUT2D eigenvalue weighted by Crippen LogP contribution is 2.35. The number of anilines is 4. The predicted molar refractivity (Wildman–Crippen MR) is 238 cm³/mol. The Morgan fingerprint density at radius 2 is 1.73 bits per heavy atom. The molecule has 0 spiro atoms. The van der Waals surface area contributed by atoms with Crippen molar-refractivity contribution in [2.75, 3.05) is 36.8 Å². The molecule has 8 aromatic heterocycles. The molecule has 10 heterocycles. The van der Waals surface area contributed by atoms with Crippen molar-refractivity contribution in [3.8, 4) is 22.0 Å². The highest BCUT2D eigenvalue weighted by atomic mass is 32.1. The van der Waals surface area contributed by atoms with Gasteiger partial charge < -0.3 is 20.6 Å². The Balaban J connectivity index is 0.000000177. The van der Waals surface area contributed by atoms with Crippen LogP contribution in [0.5, 0.6) is 0 Å². The molecule has 60 heavy (non-hydrogen) atoms. The van der Waals surface area contributed by atoms with Gasteiger partial charge in [-0.3, -0.25) is 23.6 Å². The van der Waals surface area contributed by atoms with Crippen molar-refractivity contribution in [1.82, 2.24) is 58.1 Å². The van der Waals surface area contributed by atoms with E-state index < -0.39 is 0 Å². The highest BCUT2D eigenvalue weighted by molar-refractivity contribution is 7.18. The lowest BCUT2D eigenvalue weighted by Crippen LogP contribution is -2.39. The first-order chi connectivity index (χ1) is 29.4. The SMILES string of the molecule is CC.Cc1cn2c(-c3cn[nH]c3)cnc2c(Nc2cc(CN3CCCC3)c(C(=O)N3CCCC(C)C3)s2)n1.OCc1cc(Nc2nccn3c(-c4nccs4)cnc23)sn1. The van der Waals surface area contributed by atoms with E-state index in [-0.39, 0.29) is 12.5 Å². The lowest BCUT2D eigenvalue weighted by molar-refractivity contribution is 0.0686. The number of thiophene rings is 1. The Kier molecular flexibility index (Phi) is 12.9. The quantitative estimate of drug-likeness (QED) is 0.103. The van der Waals surface area contributed by atoms with Crippen molar-refractivity contribution in [1.29, 1.82) is 0 Å². The van der Waals surface area contributed by atoms with Crippen molar-refractivity contribution < 1.29 is 9.90 Å². The zero-order valence-corrected chi connectivity index (χ0v) is 36.4. The van der Waals surface area contributed by atoms with Crippen LogP contribution in [0.25, 0.3) is 33.3 Å². The molecule has 10 rings (SSSR count). The minimum absolute atomic E-state index is 0.0760. The molecule has 8 aromatic rings. The van der Waals surface area contributed by atoms with Crippen molar-refractivity contribution in [3.63, 3.8) is 0 Å². The maximum atomic E-state index is 13.7. The van der Waals surface area contributed by atoms with Crippen LogP contribution in [0.2, 0.25) is 0 Å². The van der Waals surface area contributed by atoms with E-state index in [1.165, 1.54) is 42.1 Å². The monoisotopic (exact) mass is 864 g/mol. The van der Waals surface area contributed by atoms with Crippen LogP contribution >= 0.6 is 34.2 Å². The van der Waals surface area contributed by atoms with Gasteiger partial charge in [-0.1, -0.05) is 20.8 Å². The molecule has 1 atom stereocenters. The van der Waals surface area contributed by atoms with E-state index in [4.69, 9.17) is 10.1 Å². The number of H-pyrrole nitrogens is 1. The van der Waals surface area contributed by atoms with Crippen molar-refractivity contribution in [2.24, 2.45) is 5.92 Å². The molecule has 16 nitrogen and oxygen atoms in total. The molecular formula is C41H48N14O2S3. The summed E-state index contributed by atoms with van der Waals surface area (Å²) in [6.45, 7) is 12.8. The van der Waals surface area contributed by atoms with Gasteiger partial charge in [0.25, 0.3) is 5.91 Å². The van der Waals surface area contributed by atoms with Crippen LogP contribution in [0.15, 0.2) is 67.1 Å². The van der Waals surface area contributed by atoms with Gasteiger partial charge in [0, 0.05) is 61.6 Å². The van der Waals surface area contributed by atoms with Gasteiger partial charge in [0.1, 0.15) is 15.7 Å². The van der Waals surface area contributed by atoms with Crippen molar-refractivity contribution in [3.05, 3.63) is 88.9 Å². The fraction of sp³-hybridized carbons (Fsp3) is 0.366. The lowest BCUT2D eigenvalue weighted by atomic mass is 10.00. The number of hydrogen-bond acceptors (Lipinski definition) is 15. The molecule has 0 radical (unpaired) electrons. The van der Waals surface area contributed by atoms with Gasteiger partial charge in [0.2, 0.25) is 0 Å². The summed E-state index contributed by atoms with van der Waals surface area (Å²) in [6, 6.07) is 3.94. The number of rotatable bonds is 10. The van der Waals surface area contributed by atoms with Gasteiger partial charge in [-0.2, -0.15) is 9.47 Å². The number of carbonyl (C=O) groups is 1. The number of nitrogens with zero attached hydrogens (tertiary/aromatic N) is 11. The van der Waals surface area contributed by atoms with E-state index in [1.807, 2.05) is 64.6 Å². The average Bonchev–Trinajstić information content (AvgIpc) is 4.12. The third-order valence-corrected chi connectivity index (χ3v) is 12.8. The van der Waals surface area contributed by atoms with Crippen molar-refractivity contribution in [2.45, 2.75) is 66.5 Å². The van der Waals surface area contributed by atoms with E-state index in [2.05, 4.69) is 63.0 Å². The maximum Gasteiger partial charge on any atom is 0.264 e. The minimum Gasteiger partial charge on any atom is -0.390 e. The van der Waals surface area contributed by atoms with Gasteiger partial charge in [0.15, 0.2) is 22.9 Å². The summed E-state index contributed by atoms with van der Waals surface area (Å²) >= 11 is 4.38. The van der Waals surface area contributed by atoms with Crippen LogP contribution in [-0.2, 0) is 13.2 Å². The number of aromatic nitrogens is 10. The summed E-state index contributed by atoms with van der Waals surface area (Å²) in [5.41, 5.74) is 6.91. The molecule has 19 heteroatoms. The van der Waals surface area contributed by atoms with E-state index in [0.29, 0.717) is 28.9 Å². The number of amides is 1. The number of aromatic amines is 1. The Labute approximate surface area is 359 Å². The standard InChI is InChI=1S/C26H32N8OS.C13H10N6OS2.C2H6/c1-17-6-5-9-33(14-17)26(35)23-19(16-32-7-3-4-8-32)10-22(36-23)31-24-25-27-13-21(20-11-28-29-12-20)34(25)15-18(2)30-24;20-7-8-5-10(22-18-8)17-11-12-16-6-9(13-15-2-4-21-13)19(12)3-1-14-11;1-2/h10-13,15,17H,3-9,14,16H2,1-2H3,(H,28,29)(H,30,31);1-6,20H,7H2,(H,14,17);1-2H3. The Morgan fingerprint density at radius 1 is 0.933 bits per heavy atom. The van der Waals surface area contributed by atoms with Crippen LogP contribution in [-0.4, -0.2) is 95.3 Å². The number of likely N-dealkylation sites (tertiary alicyclic amines) is 2. The number of carbonyl (C=O) groups excluding carboxylic acids is 1. The number of thiazole rings is 1. The first kappa shape index (κ1) is 41.1. The van der Waals surface area contributed by atoms with Crippen LogP contribution in [0.4, 0.5) is 21.6 Å². The molecule has 0 bridgehead atoms. The van der Waals surface area contributed by atoms with Gasteiger partial charge in [-0.15, -0.1) is 22.7 Å². The Morgan fingerprint density at radius 3 is 2.47 bits per heavy atom. The molecule has 2 aliphatic rings. The third kappa shape index (κ3) is 8.95. The summed E-state index contributed by atoms with van der Waals surface area (Å²) in [5.74, 6) is 2.04. The summed E-state index contributed by atoms with van der Waals surface area (Å²) in [4.78, 5) is 41.5. The molecule has 2 fully saturated rings. The van der Waals surface area contributed by atoms with E-state index >= 15 is 0 Å². The molecule has 0 saturated carbocycles. The number of nitrogens with one attached hydrogen (secondary N) is 3. The fourth-order valence-electron chi connectivity index (χ4n) is 7.48. The smallest absolute Gasteiger partial charge is 0.264 e. The van der Waals surface area contributed by atoms with Crippen LogP contribution in [0, 0.1) is 12.8 Å². The van der Waals surface area contributed by atoms with Crippen LogP contribution in [0.1, 0.15) is 73.1 Å². The molecule has 1 amide bonds. The second-order valence-corrected chi connectivity index (χ2v) is 17.3. The number of fused-ring (bicyclic) bond motifs is 2. The van der Waals surface area contributed by atoms with Gasteiger partial charge in [-0.05, 0) is 80.8 Å². The molecule has 0 aromatic carbocycles. The van der Waals surface area contributed by atoms with Gasteiger partial charge >= 0.3 is 0 Å². The van der Waals surface area contributed by atoms with Gasteiger partial charge in [0.05, 0.1) is 52.2 Å². The lowest BCUT2D eigenvalue weighted by Gasteiger charge is -2.31. The normalized spacial score (nSPS) is 15.5. The fourth-order valence-corrected chi connectivity index (χ4v) is 9.82. The van der Waals surface area contributed by atoms with Crippen LogP contribution in [0.3, 0.4) is 0 Å². The van der Waals surface area contributed by atoms with E-state index in [1.54, 1.807) is 42.2 Å². The first-order valence-electron chi connectivity index (χ1n) is 20.2. The zero-order valence-electron chi connectivity index (χ0n) is 34.0. The minimum atomic E-state index is -0.0760. The summed E-state index contributed by atoms with van der Waals surface area (Å²) in [7, 11) is 0. The largest absolute Gasteiger partial charge is 0.390 e. The third-order valence-electron chi connectivity index (χ3n) is 10.2. The zero-order chi connectivity index (χ0) is 41.6. The molecule has 0 aliphatic carbocycles. The predicted octanol–water partition coefficient (Wildman–Crippen LogP) is 8.27. The Hall–Kier alpha value is -5.60. The number of hydrogen-bond donors (Lipinski definition) is 4. The summed E-state index contributed by atoms with van der Waals surface area (Å²) in [5, 5.41) is 27.3. The number of aliphatic hydroxyl groups excluding tert-OH is 1. The van der Waals surface area contributed by atoms with Crippen LogP contribution < -0.4 is 10.6 Å². The highest BCUT2D eigenvalue weighted by Gasteiger charge is 2.27. The summed E-state index contributed by atoms with van der Waals surface area (Å²) in [6.07, 6.45) is 19.3. The van der Waals surface area contributed by atoms with Crippen molar-refractivity contribution >= 4 is 73.0 Å². The topological polar surface area (TPSA) is 183 Å². The second-order valence-electron chi connectivity index (χ2n) is 14.5. The van der Waals surface area contributed by atoms with Gasteiger partial charge in [-0.25, -0.2) is 24.9 Å². The first-order valence-corrected chi connectivity index (χ1v) is 22.7. The molecule has 2 saturated heterocycles. The molecule has 1 unspecified atom stereocenters. The van der Waals surface area contributed by atoms with E-state index in [0.717, 1.165) is 92.9 Å². The molecule has 2 aliphatic heterocycles. The Bertz CT molecular complexity index is 2640. The molecule has 4 N–H and O–H groups in total. The molecule has 312 valence electrons. The maximum absolute atomic E-state index is 13.7. The average molecular weight is 865 g/mol. The van der Waals surface area contributed by atoms with E-state index in [9.17, 15) is 4.79 Å².